The lowest BCUT2D eigenvalue weighted by molar-refractivity contribution is -0.385. The zero-order valence-electron chi connectivity index (χ0n) is 16.5. The number of methoxy groups -OCH3 is 1. The normalized spacial score (nSPS) is 11.0. The molecule has 0 bridgehead atoms. The smallest absolute Gasteiger partial charge is 0.276 e. The molecule has 3 aromatic carbocycles. The van der Waals surface area contributed by atoms with Gasteiger partial charge in [0.1, 0.15) is 6.61 Å². The Bertz CT molecular complexity index is 1220. The number of aromatic nitrogens is 1. The molecule has 1 heterocycles. The van der Waals surface area contributed by atoms with Crippen molar-refractivity contribution >= 4 is 38.6 Å². The Balaban J connectivity index is 1.44. The van der Waals surface area contributed by atoms with Crippen molar-refractivity contribution in [3.63, 3.8) is 0 Å². The number of hydrazone groups is 1. The molecule has 0 fully saturated rings. The Hall–Kier alpha value is -3.98. The minimum atomic E-state index is -0.423. The number of hydrogen-bond acceptors (Lipinski definition) is 8. The highest BCUT2D eigenvalue weighted by molar-refractivity contribution is 7.22. The number of nitro benzene ring substituents is 1. The minimum Gasteiger partial charge on any atom is -0.493 e. The molecule has 0 atom stereocenters. The van der Waals surface area contributed by atoms with E-state index in [0.717, 1.165) is 15.8 Å². The molecule has 0 spiro atoms. The molecule has 0 radical (unpaired) electrons. The summed E-state index contributed by atoms with van der Waals surface area (Å²) in [5.74, 6) is 0.986. The van der Waals surface area contributed by atoms with Gasteiger partial charge in [-0.05, 0) is 42.0 Å². The molecule has 1 N–H and O–H groups in total. The van der Waals surface area contributed by atoms with Crippen molar-refractivity contribution in [1.29, 1.82) is 0 Å². The molecule has 156 valence electrons. The zero-order chi connectivity index (χ0) is 21.6. The highest BCUT2D eigenvalue weighted by Gasteiger charge is 2.14. The van der Waals surface area contributed by atoms with E-state index >= 15 is 0 Å². The van der Waals surface area contributed by atoms with Crippen LogP contribution < -0.4 is 14.9 Å². The maximum absolute atomic E-state index is 11.2. The summed E-state index contributed by atoms with van der Waals surface area (Å²) in [4.78, 5) is 15.2. The number of nitro groups is 1. The first-order valence-electron chi connectivity index (χ1n) is 9.32. The van der Waals surface area contributed by atoms with Crippen LogP contribution in [0.25, 0.3) is 10.2 Å². The van der Waals surface area contributed by atoms with Crippen LogP contribution in [-0.2, 0) is 6.61 Å². The number of para-hydroxylation sites is 2. The van der Waals surface area contributed by atoms with Gasteiger partial charge in [0.2, 0.25) is 5.13 Å². The highest BCUT2D eigenvalue weighted by Crippen LogP contribution is 2.30. The van der Waals surface area contributed by atoms with Gasteiger partial charge >= 0.3 is 0 Å². The molecule has 4 aromatic rings. The molecule has 0 unspecified atom stereocenters. The Morgan fingerprint density at radius 3 is 2.74 bits per heavy atom. The average molecular weight is 434 g/mol. The van der Waals surface area contributed by atoms with Gasteiger partial charge < -0.3 is 9.47 Å². The number of ether oxygens (including phenoxy) is 2. The lowest BCUT2D eigenvalue weighted by Crippen LogP contribution is -2.02. The van der Waals surface area contributed by atoms with Crippen LogP contribution in [0.5, 0.6) is 11.5 Å². The van der Waals surface area contributed by atoms with E-state index in [0.29, 0.717) is 22.2 Å². The molecule has 0 aliphatic heterocycles. The van der Waals surface area contributed by atoms with Gasteiger partial charge in [-0.3, -0.25) is 15.5 Å². The van der Waals surface area contributed by atoms with Crippen molar-refractivity contribution in [2.45, 2.75) is 6.61 Å². The van der Waals surface area contributed by atoms with Gasteiger partial charge in [-0.15, -0.1) is 0 Å². The lowest BCUT2D eigenvalue weighted by atomic mass is 10.2. The van der Waals surface area contributed by atoms with Gasteiger partial charge in [-0.1, -0.05) is 35.6 Å². The third kappa shape index (κ3) is 4.78. The van der Waals surface area contributed by atoms with E-state index < -0.39 is 4.92 Å². The standard InChI is InChI=1S/C22H18N4O4S/c1-29-20-12-15(13-23-25-22-24-17-7-3-5-9-21(17)31-22)10-11-19(20)30-14-16-6-2-4-8-18(16)26(27)28/h2-13H,14H2,1H3,(H,24,25)/b23-13+. The Kier molecular flexibility index (Phi) is 6.04. The summed E-state index contributed by atoms with van der Waals surface area (Å²) in [7, 11) is 1.54. The molecular weight excluding hydrogens is 416 g/mol. The maximum atomic E-state index is 11.2. The van der Waals surface area contributed by atoms with Gasteiger partial charge in [-0.2, -0.15) is 5.10 Å². The second kappa shape index (κ2) is 9.23. The molecule has 0 aliphatic rings. The summed E-state index contributed by atoms with van der Waals surface area (Å²) in [5.41, 5.74) is 5.16. The van der Waals surface area contributed by atoms with Crippen molar-refractivity contribution in [3.05, 3.63) is 88.0 Å². The van der Waals surface area contributed by atoms with Crippen molar-refractivity contribution in [3.8, 4) is 11.5 Å². The largest absolute Gasteiger partial charge is 0.493 e. The van der Waals surface area contributed by atoms with Crippen molar-refractivity contribution in [2.75, 3.05) is 12.5 Å². The average Bonchev–Trinajstić information content (AvgIpc) is 3.21. The summed E-state index contributed by atoms with van der Waals surface area (Å²) in [6.07, 6.45) is 1.65. The Labute approximate surface area is 181 Å². The quantitative estimate of drug-likeness (QED) is 0.231. The molecule has 31 heavy (non-hydrogen) atoms. The summed E-state index contributed by atoms with van der Waals surface area (Å²) < 4.78 is 12.3. The van der Waals surface area contributed by atoms with Crippen LogP contribution in [0.4, 0.5) is 10.8 Å². The number of rotatable bonds is 8. The zero-order valence-corrected chi connectivity index (χ0v) is 17.3. The van der Waals surface area contributed by atoms with Crippen LogP contribution in [0, 0.1) is 10.1 Å². The van der Waals surface area contributed by atoms with E-state index in [1.807, 2.05) is 30.3 Å². The number of nitrogens with zero attached hydrogens (tertiary/aromatic N) is 3. The Morgan fingerprint density at radius 2 is 1.94 bits per heavy atom. The van der Waals surface area contributed by atoms with Gasteiger partial charge in [-0.25, -0.2) is 4.98 Å². The van der Waals surface area contributed by atoms with Crippen molar-refractivity contribution in [1.82, 2.24) is 4.98 Å². The minimum absolute atomic E-state index is 0.0196. The molecule has 8 nitrogen and oxygen atoms in total. The van der Waals surface area contributed by atoms with Crippen LogP contribution in [-0.4, -0.2) is 23.2 Å². The third-order valence-electron chi connectivity index (χ3n) is 4.43. The maximum Gasteiger partial charge on any atom is 0.276 e. The topological polar surface area (TPSA) is 98.9 Å². The van der Waals surface area contributed by atoms with Crippen LogP contribution in [0.1, 0.15) is 11.1 Å². The number of nitrogens with one attached hydrogen (secondary N) is 1. The van der Waals surface area contributed by atoms with Gasteiger partial charge in [0, 0.05) is 6.07 Å². The predicted octanol–water partition coefficient (Wildman–Crippen LogP) is 5.24. The molecule has 9 heteroatoms. The molecule has 0 saturated heterocycles. The summed E-state index contributed by atoms with van der Waals surface area (Å²) in [5, 5.41) is 16.1. The number of hydrogen-bond donors (Lipinski definition) is 1. The molecule has 4 rings (SSSR count). The molecule has 0 saturated carbocycles. The molecule has 0 amide bonds. The van der Waals surface area contributed by atoms with Crippen LogP contribution >= 0.6 is 11.3 Å². The SMILES string of the molecule is COc1cc(/C=N/Nc2nc3ccccc3s2)ccc1OCc1ccccc1[N+](=O)[O-]. The van der Waals surface area contributed by atoms with E-state index in [2.05, 4.69) is 15.5 Å². The Morgan fingerprint density at radius 1 is 1.13 bits per heavy atom. The fraction of sp³-hybridized carbons (Fsp3) is 0.0909. The first-order valence-corrected chi connectivity index (χ1v) is 10.1. The monoisotopic (exact) mass is 434 g/mol. The lowest BCUT2D eigenvalue weighted by Gasteiger charge is -2.11. The second-order valence-electron chi connectivity index (χ2n) is 6.44. The van der Waals surface area contributed by atoms with Crippen LogP contribution in [0.3, 0.4) is 0 Å². The fourth-order valence-electron chi connectivity index (χ4n) is 2.93. The number of anilines is 1. The van der Waals surface area contributed by atoms with Gasteiger partial charge in [0.15, 0.2) is 11.5 Å². The summed E-state index contributed by atoms with van der Waals surface area (Å²) in [6.45, 7) is 0.0557. The van der Waals surface area contributed by atoms with Crippen LogP contribution in [0.2, 0.25) is 0 Å². The highest BCUT2D eigenvalue weighted by atomic mass is 32.1. The third-order valence-corrected chi connectivity index (χ3v) is 5.37. The van der Waals surface area contributed by atoms with E-state index in [4.69, 9.17) is 9.47 Å². The van der Waals surface area contributed by atoms with E-state index in [-0.39, 0.29) is 12.3 Å². The number of thiazole rings is 1. The van der Waals surface area contributed by atoms with Crippen molar-refractivity contribution < 1.29 is 14.4 Å². The first kappa shape index (κ1) is 20.3. The fourth-order valence-corrected chi connectivity index (χ4v) is 3.75. The molecule has 1 aromatic heterocycles. The van der Waals surface area contributed by atoms with E-state index in [1.165, 1.54) is 24.5 Å². The number of benzene rings is 3. The first-order chi connectivity index (χ1) is 15.1. The molecular formula is C22H18N4O4S. The summed E-state index contributed by atoms with van der Waals surface area (Å²) >= 11 is 1.52. The number of fused-ring (bicyclic) bond motifs is 1. The second-order valence-corrected chi connectivity index (χ2v) is 7.47. The van der Waals surface area contributed by atoms with Crippen molar-refractivity contribution in [2.24, 2.45) is 5.10 Å². The summed E-state index contributed by atoms with van der Waals surface area (Å²) in [6, 6.07) is 19.7. The van der Waals surface area contributed by atoms with E-state index in [9.17, 15) is 10.1 Å². The van der Waals surface area contributed by atoms with Gasteiger partial charge in [0.25, 0.3) is 5.69 Å². The predicted molar refractivity (Wildman–Crippen MR) is 121 cm³/mol. The molecule has 0 aliphatic carbocycles. The van der Waals surface area contributed by atoms with Gasteiger partial charge in [0.05, 0.1) is 34.0 Å². The van der Waals surface area contributed by atoms with Crippen LogP contribution in [0.15, 0.2) is 71.8 Å². The van der Waals surface area contributed by atoms with E-state index in [1.54, 1.807) is 36.5 Å².